The Morgan fingerprint density at radius 3 is 2.53 bits per heavy atom. The number of carbonyl (C=O) groups excluding carboxylic acids is 3. The van der Waals surface area contributed by atoms with Gasteiger partial charge in [-0.1, -0.05) is 19.9 Å². The molecule has 0 aromatic carbocycles. The van der Waals surface area contributed by atoms with E-state index in [9.17, 15) is 14.4 Å². The zero-order valence-corrected chi connectivity index (χ0v) is 19.0. The summed E-state index contributed by atoms with van der Waals surface area (Å²) in [7, 11) is 0. The Kier molecular flexibility index (Phi) is 7.58. The molecule has 2 rings (SSSR count). The van der Waals surface area contributed by atoms with Crippen molar-refractivity contribution in [3.05, 3.63) is 23.9 Å². The Bertz CT molecular complexity index is 788. The van der Waals surface area contributed by atoms with Crippen molar-refractivity contribution in [3.63, 3.8) is 0 Å². The number of anilines is 1. The van der Waals surface area contributed by atoms with Gasteiger partial charge in [-0.05, 0) is 58.6 Å². The van der Waals surface area contributed by atoms with Gasteiger partial charge in [0.1, 0.15) is 17.5 Å². The van der Waals surface area contributed by atoms with Crippen LogP contribution in [0.4, 0.5) is 5.82 Å². The first-order valence-corrected chi connectivity index (χ1v) is 10.4. The molecular weight excluding hydrogens is 384 g/mol. The number of fused-ring (bicyclic) bond motifs is 1. The van der Waals surface area contributed by atoms with Crippen molar-refractivity contribution in [2.45, 2.75) is 78.6 Å². The molecule has 0 bridgehead atoms. The zero-order valence-electron chi connectivity index (χ0n) is 19.0. The number of carbonyl (C=O) groups is 3. The molecule has 0 saturated heterocycles. The first-order valence-electron chi connectivity index (χ1n) is 10.4. The molecular formula is C22H34N4O4. The van der Waals surface area contributed by atoms with Crippen molar-refractivity contribution in [1.82, 2.24) is 15.6 Å². The molecule has 2 heterocycles. The van der Waals surface area contributed by atoms with E-state index >= 15 is 0 Å². The van der Waals surface area contributed by atoms with Crippen molar-refractivity contribution in [1.29, 1.82) is 0 Å². The maximum atomic E-state index is 13.3. The molecule has 0 saturated carbocycles. The van der Waals surface area contributed by atoms with Crippen LogP contribution in [0.2, 0.25) is 0 Å². The predicted octanol–water partition coefficient (Wildman–Crippen LogP) is 1.82. The summed E-state index contributed by atoms with van der Waals surface area (Å²) in [5.41, 5.74) is 0.440. The number of amides is 2. The molecule has 8 heteroatoms. The van der Waals surface area contributed by atoms with E-state index in [0.717, 1.165) is 12.0 Å². The number of hydrogen-bond donors (Lipinski definition) is 2. The van der Waals surface area contributed by atoms with Crippen LogP contribution in [0.25, 0.3) is 0 Å². The fourth-order valence-corrected chi connectivity index (χ4v) is 3.39. The molecule has 166 valence electrons. The lowest BCUT2D eigenvalue weighted by molar-refractivity contribution is -0.153. The number of pyridine rings is 1. The minimum atomic E-state index is -0.696. The third-order valence-electron chi connectivity index (χ3n) is 4.89. The summed E-state index contributed by atoms with van der Waals surface area (Å²) in [4.78, 5) is 43.9. The van der Waals surface area contributed by atoms with Gasteiger partial charge in [0.25, 0.3) is 5.91 Å². The highest BCUT2D eigenvalue weighted by molar-refractivity contribution is 6.01. The van der Waals surface area contributed by atoms with Crippen molar-refractivity contribution < 1.29 is 19.1 Å². The van der Waals surface area contributed by atoms with Crippen molar-refractivity contribution in [2.75, 3.05) is 11.4 Å². The molecule has 3 atom stereocenters. The highest BCUT2D eigenvalue weighted by atomic mass is 16.6. The number of nitrogens with zero attached hydrogens (tertiary/aromatic N) is 2. The molecule has 2 amide bonds. The maximum Gasteiger partial charge on any atom is 0.320 e. The fourth-order valence-electron chi connectivity index (χ4n) is 3.39. The van der Waals surface area contributed by atoms with E-state index in [-0.39, 0.29) is 30.3 Å². The second-order valence-electron chi connectivity index (χ2n) is 9.17. The van der Waals surface area contributed by atoms with Gasteiger partial charge in [-0.15, -0.1) is 0 Å². The van der Waals surface area contributed by atoms with Crippen LogP contribution in [0.3, 0.4) is 0 Å². The van der Waals surface area contributed by atoms with Crippen molar-refractivity contribution >= 4 is 23.6 Å². The van der Waals surface area contributed by atoms with Crippen LogP contribution >= 0.6 is 0 Å². The molecule has 0 spiro atoms. The van der Waals surface area contributed by atoms with Gasteiger partial charge in [-0.3, -0.25) is 24.6 Å². The number of nitrogens with one attached hydrogen (secondary N) is 2. The molecule has 1 aliphatic heterocycles. The maximum absolute atomic E-state index is 13.3. The largest absolute Gasteiger partial charge is 0.459 e. The van der Waals surface area contributed by atoms with Gasteiger partial charge in [-0.25, -0.2) is 4.98 Å². The quantitative estimate of drug-likeness (QED) is 0.655. The average Bonchev–Trinajstić information content (AvgIpc) is 2.97. The Labute approximate surface area is 178 Å². The fraction of sp³-hybridized carbons (Fsp3) is 0.636. The molecule has 8 nitrogen and oxygen atoms in total. The lowest BCUT2D eigenvalue weighted by atomic mass is 10.0. The number of hydrogen-bond acceptors (Lipinski definition) is 6. The predicted molar refractivity (Wildman–Crippen MR) is 115 cm³/mol. The summed E-state index contributed by atoms with van der Waals surface area (Å²) in [6, 6.07) is 2.45. The topological polar surface area (TPSA) is 101 Å². The third-order valence-corrected chi connectivity index (χ3v) is 4.89. The Hall–Kier alpha value is -2.48. The minimum Gasteiger partial charge on any atom is -0.459 e. The molecule has 1 aromatic heterocycles. The molecule has 0 radical (unpaired) electrons. The molecule has 0 unspecified atom stereocenters. The summed E-state index contributed by atoms with van der Waals surface area (Å²) in [5.74, 6) is -0.418. The molecule has 30 heavy (non-hydrogen) atoms. The highest BCUT2D eigenvalue weighted by Crippen LogP contribution is 2.30. The number of esters is 1. The standard InChI is InChI=1S/C22H34N4O4/c1-13(2)18(21(29)26-14(3)11-16-9-8-10-23-19(16)26)25-20(28)15(4)24-12-17(27)30-22(5,6)7/h8-10,13-15,18,24H,11-12H2,1-7H3,(H,25,28)/t14-,15-,18-/m0/s1. The highest BCUT2D eigenvalue weighted by Gasteiger charge is 2.38. The summed E-state index contributed by atoms with van der Waals surface area (Å²) in [6.07, 6.45) is 2.41. The van der Waals surface area contributed by atoms with Crippen LogP contribution in [0.1, 0.15) is 54.0 Å². The van der Waals surface area contributed by atoms with Crippen LogP contribution in [-0.4, -0.2) is 53.0 Å². The van der Waals surface area contributed by atoms with Gasteiger partial charge in [0.05, 0.1) is 12.6 Å². The third kappa shape index (κ3) is 6.01. The second-order valence-corrected chi connectivity index (χ2v) is 9.17. The normalized spacial score (nSPS) is 18.0. The number of rotatable bonds is 7. The molecule has 1 aromatic rings. The van der Waals surface area contributed by atoms with Crippen LogP contribution < -0.4 is 15.5 Å². The lowest BCUT2D eigenvalue weighted by Crippen LogP contribution is -2.56. The number of ether oxygens (including phenoxy) is 1. The Morgan fingerprint density at radius 2 is 1.93 bits per heavy atom. The Balaban J connectivity index is 2.02. The first-order chi connectivity index (χ1) is 13.9. The Morgan fingerprint density at radius 1 is 1.27 bits per heavy atom. The SMILES string of the molecule is CC(C)[C@H](NC(=O)[C@H](C)NCC(=O)OC(C)(C)C)C(=O)N1c2ncccc2C[C@@H]1C. The van der Waals surface area contributed by atoms with Gasteiger partial charge in [0.2, 0.25) is 5.91 Å². The smallest absolute Gasteiger partial charge is 0.320 e. The summed E-state index contributed by atoms with van der Waals surface area (Å²) in [6.45, 7) is 12.7. The number of aromatic nitrogens is 1. The summed E-state index contributed by atoms with van der Waals surface area (Å²) in [5, 5.41) is 5.70. The summed E-state index contributed by atoms with van der Waals surface area (Å²) < 4.78 is 5.24. The lowest BCUT2D eigenvalue weighted by Gasteiger charge is -2.30. The van der Waals surface area contributed by atoms with Crippen LogP contribution in [0, 0.1) is 5.92 Å². The van der Waals surface area contributed by atoms with Gasteiger partial charge in [0, 0.05) is 12.2 Å². The molecule has 0 fully saturated rings. The van der Waals surface area contributed by atoms with E-state index in [0.29, 0.717) is 5.82 Å². The average molecular weight is 419 g/mol. The van der Waals surface area contributed by atoms with E-state index < -0.39 is 23.7 Å². The van der Waals surface area contributed by atoms with Crippen molar-refractivity contribution in [2.24, 2.45) is 5.92 Å². The van der Waals surface area contributed by atoms with Gasteiger partial charge in [-0.2, -0.15) is 0 Å². The van der Waals surface area contributed by atoms with Gasteiger partial charge < -0.3 is 10.1 Å². The van der Waals surface area contributed by atoms with E-state index in [1.165, 1.54) is 0 Å². The van der Waals surface area contributed by atoms with E-state index in [1.54, 1.807) is 38.8 Å². The molecule has 0 aliphatic carbocycles. The second kappa shape index (κ2) is 9.55. The van der Waals surface area contributed by atoms with Crippen molar-refractivity contribution in [3.8, 4) is 0 Å². The zero-order chi connectivity index (χ0) is 22.6. The van der Waals surface area contributed by atoms with Crippen LogP contribution in [0.5, 0.6) is 0 Å². The van der Waals surface area contributed by atoms with Crippen LogP contribution in [0.15, 0.2) is 18.3 Å². The van der Waals surface area contributed by atoms with E-state index in [4.69, 9.17) is 4.74 Å². The molecule has 2 N–H and O–H groups in total. The van der Waals surface area contributed by atoms with Crippen LogP contribution in [-0.2, 0) is 25.5 Å². The van der Waals surface area contributed by atoms with E-state index in [1.807, 2.05) is 32.9 Å². The molecule has 1 aliphatic rings. The summed E-state index contributed by atoms with van der Waals surface area (Å²) >= 11 is 0. The first kappa shape index (κ1) is 23.8. The minimum absolute atomic E-state index is 0.0248. The van der Waals surface area contributed by atoms with E-state index in [2.05, 4.69) is 15.6 Å². The van der Waals surface area contributed by atoms with Gasteiger partial charge in [0.15, 0.2) is 0 Å². The van der Waals surface area contributed by atoms with Gasteiger partial charge >= 0.3 is 5.97 Å². The monoisotopic (exact) mass is 418 g/mol.